The van der Waals surface area contributed by atoms with Crippen LogP contribution in [0.3, 0.4) is 0 Å². The van der Waals surface area contributed by atoms with Crippen LogP contribution in [0.15, 0.2) is 77.7 Å². The first-order chi connectivity index (χ1) is 16.9. The van der Waals surface area contributed by atoms with Gasteiger partial charge in [-0.3, -0.25) is 14.5 Å². The molecule has 2 aliphatic rings. The Bertz CT molecular complexity index is 1370. The van der Waals surface area contributed by atoms with Crippen molar-refractivity contribution < 1.29 is 18.0 Å². The van der Waals surface area contributed by atoms with Crippen molar-refractivity contribution in [3.05, 3.63) is 95.1 Å². The van der Waals surface area contributed by atoms with Crippen molar-refractivity contribution in [1.29, 1.82) is 0 Å². The lowest BCUT2D eigenvalue weighted by Gasteiger charge is -2.34. The molecular weight excluding hydrogens is 464 g/mol. The van der Waals surface area contributed by atoms with Gasteiger partial charge < -0.3 is 10.6 Å². The molecule has 9 heteroatoms. The summed E-state index contributed by atoms with van der Waals surface area (Å²) in [6.45, 7) is 3.32. The van der Waals surface area contributed by atoms with Crippen LogP contribution in [-0.4, -0.2) is 55.6 Å². The Labute approximate surface area is 204 Å². The second kappa shape index (κ2) is 9.61. The van der Waals surface area contributed by atoms with Gasteiger partial charge in [-0.1, -0.05) is 42.5 Å². The summed E-state index contributed by atoms with van der Waals surface area (Å²) in [7, 11) is -3.73. The number of nitrogens with one attached hydrogen (secondary N) is 2. The zero-order chi connectivity index (χ0) is 24.4. The molecule has 1 fully saturated rings. The molecular formula is C26H26N4O4S. The number of carbonyl (C=O) groups excluding carboxylic acids is 2. The first-order valence-corrected chi connectivity index (χ1v) is 12.9. The number of carbonyl (C=O) groups is 2. The fourth-order valence-corrected chi connectivity index (χ4v) is 5.88. The quantitative estimate of drug-likeness (QED) is 0.554. The van der Waals surface area contributed by atoms with Crippen LogP contribution in [0.5, 0.6) is 0 Å². The topological polar surface area (TPSA) is 98.8 Å². The van der Waals surface area contributed by atoms with Gasteiger partial charge in [0, 0.05) is 56.1 Å². The van der Waals surface area contributed by atoms with E-state index >= 15 is 0 Å². The van der Waals surface area contributed by atoms with Gasteiger partial charge in [-0.25, -0.2) is 8.42 Å². The molecule has 0 saturated carbocycles. The van der Waals surface area contributed by atoms with Crippen molar-refractivity contribution in [2.45, 2.75) is 18.0 Å². The Kier molecular flexibility index (Phi) is 6.38. The molecule has 0 unspecified atom stereocenters. The highest BCUT2D eigenvalue weighted by atomic mass is 32.2. The van der Waals surface area contributed by atoms with Crippen LogP contribution >= 0.6 is 0 Å². The zero-order valence-electron chi connectivity index (χ0n) is 19.1. The van der Waals surface area contributed by atoms with Gasteiger partial charge in [0.15, 0.2) is 0 Å². The number of anilines is 1. The number of hydrogen-bond acceptors (Lipinski definition) is 5. The van der Waals surface area contributed by atoms with Crippen LogP contribution in [0.25, 0.3) is 0 Å². The van der Waals surface area contributed by atoms with E-state index in [2.05, 4.69) is 27.7 Å². The first kappa shape index (κ1) is 23.2. The second-order valence-electron chi connectivity index (χ2n) is 8.70. The normalized spacial score (nSPS) is 16.5. The highest BCUT2D eigenvalue weighted by Crippen LogP contribution is 2.23. The summed E-state index contributed by atoms with van der Waals surface area (Å²) in [6, 6.07) is 21.3. The monoisotopic (exact) mass is 490 g/mol. The maximum atomic E-state index is 13.3. The second-order valence-corrected chi connectivity index (χ2v) is 10.6. The van der Waals surface area contributed by atoms with E-state index in [1.54, 1.807) is 30.3 Å². The molecule has 2 amide bonds. The Morgan fingerprint density at radius 1 is 0.914 bits per heavy atom. The number of amides is 2. The SMILES string of the molecule is O=C(Nc1ccc2c(c1)C(=O)NC2)c1cccc(S(=O)(=O)N2CCN(Cc3ccccc3)CC2)c1. The Morgan fingerprint density at radius 2 is 1.69 bits per heavy atom. The molecule has 3 aromatic carbocycles. The van der Waals surface area contributed by atoms with Crippen molar-refractivity contribution in [2.75, 3.05) is 31.5 Å². The van der Waals surface area contributed by atoms with Crippen LogP contribution in [0.2, 0.25) is 0 Å². The van der Waals surface area contributed by atoms with Crippen molar-refractivity contribution in [1.82, 2.24) is 14.5 Å². The lowest BCUT2D eigenvalue weighted by atomic mass is 10.1. The predicted molar refractivity (Wildman–Crippen MR) is 132 cm³/mol. The lowest BCUT2D eigenvalue weighted by molar-refractivity contribution is 0.0964. The van der Waals surface area contributed by atoms with E-state index in [-0.39, 0.29) is 16.4 Å². The van der Waals surface area contributed by atoms with Crippen molar-refractivity contribution in [2.24, 2.45) is 0 Å². The van der Waals surface area contributed by atoms with Gasteiger partial charge in [-0.15, -0.1) is 0 Å². The third-order valence-electron chi connectivity index (χ3n) is 6.37. The van der Waals surface area contributed by atoms with Gasteiger partial charge in [0.05, 0.1) is 4.90 Å². The summed E-state index contributed by atoms with van der Waals surface area (Å²) >= 11 is 0. The van der Waals surface area contributed by atoms with Gasteiger partial charge in [-0.05, 0) is 41.5 Å². The molecule has 0 spiro atoms. The molecule has 35 heavy (non-hydrogen) atoms. The lowest BCUT2D eigenvalue weighted by Crippen LogP contribution is -2.48. The van der Waals surface area contributed by atoms with E-state index in [0.717, 1.165) is 12.1 Å². The summed E-state index contributed by atoms with van der Waals surface area (Å²) in [4.78, 5) is 27.1. The minimum atomic E-state index is -3.73. The van der Waals surface area contributed by atoms with Gasteiger partial charge in [0.1, 0.15) is 0 Å². The van der Waals surface area contributed by atoms with Crippen molar-refractivity contribution in [3.8, 4) is 0 Å². The third-order valence-corrected chi connectivity index (χ3v) is 8.26. The fraction of sp³-hybridized carbons (Fsp3) is 0.231. The van der Waals surface area contributed by atoms with E-state index in [4.69, 9.17) is 0 Å². The van der Waals surface area contributed by atoms with Crippen LogP contribution in [0.1, 0.15) is 31.8 Å². The number of hydrogen-bond donors (Lipinski definition) is 2. The summed E-state index contributed by atoms with van der Waals surface area (Å²) in [5.74, 6) is -0.610. The standard InChI is InChI=1S/C26H26N4O4S/c31-25(28-22-10-9-21-17-27-26(32)24(21)16-22)20-7-4-8-23(15-20)35(33,34)30-13-11-29(12-14-30)18-19-5-2-1-3-6-19/h1-10,15-16H,11-14,17-18H2,(H,27,32)(H,28,31). The molecule has 0 atom stereocenters. The minimum absolute atomic E-state index is 0.0926. The number of fused-ring (bicyclic) bond motifs is 1. The number of nitrogens with zero attached hydrogens (tertiary/aromatic N) is 2. The summed E-state index contributed by atoms with van der Waals surface area (Å²) in [5.41, 5.74) is 3.33. The number of benzene rings is 3. The molecule has 2 aliphatic heterocycles. The molecule has 1 saturated heterocycles. The average molecular weight is 491 g/mol. The Hall–Kier alpha value is -3.53. The molecule has 180 valence electrons. The molecule has 2 heterocycles. The molecule has 8 nitrogen and oxygen atoms in total. The van der Waals surface area contributed by atoms with Crippen molar-refractivity contribution >= 4 is 27.5 Å². The first-order valence-electron chi connectivity index (χ1n) is 11.5. The Balaban J connectivity index is 1.25. The predicted octanol–water partition coefficient (Wildman–Crippen LogP) is 2.69. The molecule has 0 aromatic heterocycles. The molecule has 0 radical (unpaired) electrons. The van der Waals surface area contributed by atoms with Gasteiger partial charge >= 0.3 is 0 Å². The molecule has 5 rings (SSSR count). The molecule has 2 N–H and O–H groups in total. The van der Waals surface area contributed by atoms with E-state index in [9.17, 15) is 18.0 Å². The van der Waals surface area contributed by atoms with E-state index in [1.807, 2.05) is 18.2 Å². The van der Waals surface area contributed by atoms with E-state index in [0.29, 0.717) is 44.0 Å². The maximum Gasteiger partial charge on any atom is 0.255 e. The van der Waals surface area contributed by atoms with Gasteiger partial charge in [-0.2, -0.15) is 4.31 Å². The summed E-state index contributed by atoms with van der Waals surface area (Å²) in [5, 5.41) is 5.50. The molecule has 3 aromatic rings. The van der Waals surface area contributed by atoms with Crippen molar-refractivity contribution in [3.63, 3.8) is 0 Å². The third kappa shape index (κ3) is 4.97. The highest BCUT2D eigenvalue weighted by molar-refractivity contribution is 7.89. The van der Waals surface area contributed by atoms with E-state index < -0.39 is 15.9 Å². The fourth-order valence-electron chi connectivity index (χ4n) is 4.41. The largest absolute Gasteiger partial charge is 0.348 e. The van der Waals surface area contributed by atoms with Crippen LogP contribution in [0, 0.1) is 0 Å². The number of piperazine rings is 1. The Morgan fingerprint density at radius 3 is 2.46 bits per heavy atom. The van der Waals surface area contributed by atoms with Gasteiger partial charge in [0.25, 0.3) is 11.8 Å². The van der Waals surface area contributed by atoms with Crippen LogP contribution < -0.4 is 10.6 Å². The van der Waals surface area contributed by atoms with Crippen LogP contribution in [0.4, 0.5) is 5.69 Å². The number of rotatable bonds is 6. The highest BCUT2D eigenvalue weighted by Gasteiger charge is 2.29. The summed E-state index contributed by atoms with van der Waals surface area (Å²) < 4.78 is 28.0. The molecule has 0 aliphatic carbocycles. The summed E-state index contributed by atoms with van der Waals surface area (Å²) in [6.07, 6.45) is 0. The zero-order valence-corrected chi connectivity index (χ0v) is 19.9. The van der Waals surface area contributed by atoms with Gasteiger partial charge in [0.2, 0.25) is 10.0 Å². The molecule has 0 bridgehead atoms. The minimum Gasteiger partial charge on any atom is -0.348 e. The maximum absolute atomic E-state index is 13.3. The number of sulfonamides is 1. The average Bonchev–Trinajstić information content (AvgIpc) is 3.25. The smallest absolute Gasteiger partial charge is 0.255 e. The van der Waals surface area contributed by atoms with Crippen LogP contribution in [-0.2, 0) is 23.1 Å². The van der Waals surface area contributed by atoms with E-state index in [1.165, 1.54) is 22.0 Å².